The van der Waals surface area contributed by atoms with Gasteiger partial charge in [0.05, 0.1) is 0 Å². The molecule has 1 unspecified atom stereocenters. The quantitative estimate of drug-likeness (QED) is 0.899. The molecule has 0 bridgehead atoms. The van der Waals surface area contributed by atoms with E-state index >= 15 is 0 Å². The van der Waals surface area contributed by atoms with Crippen molar-refractivity contribution in [2.75, 3.05) is 27.7 Å². The lowest BCUT2D eigenvalue weighted by Gasteiger charge is -2.27. The number of carbonyl (C=O) groups is 1. The zero-order valence-electron chi connectivity index (χ0n) is 11.9. The molecule has 0 aliphatic heterocycles. The topological polar surface area (TPSA) is 41.6 Å². The molecule has 4 heteroatoms. The SMILES string of the molecule is CNC1CCCc2c(OCC(=O)N(C)C)cccc21. The largest absolute Gasteiger partial charge is 0.483 e. The Kier molecular flexibility index (Phi) is 4.43. The predicted octanol–water partition coefficient (Wildman–Crippen LogP) is 1.75. The summed E-state index contributed by atoms with van der Waals surface area (Å²) in [4.78, 5) is 13.1. The number of ether oxygens (including phenoxy) is 1. The molecule has 0 aromatic heterocycles. The van der Waals surface area contributed by atoms with Gasteiger partial charge in [-0.05, 0) is 43.5 Å². The van der Waals surface area contributed by atoms with E-state index in [4.69, 9.17) is 4.74 Å². The fourth-order valence-corrected chi connectivity index (χ4v) is 2.52. The molecular formula is C15H22N2O2. The molecule has 0 spiro atoms. The van der Waals surface area contributed by atoms with Gasteiger partial charge in [-0.3, -0.25) is 4.79 Å². The average Bonchev–Trinajstić information content (AvgIpc) is 2.43. The van der Waals surface area contributed by atoms with Crippen LogP contribution in [-0.2, 0) is 11.2 Å². The van der Waals surface area contributed by atoms with Gasteiger partial charge < -0.3 is 15.0 Å². The van der Waals surface area contributed by atoms with Crippen molar-refractivity contribution in [3.8, 4) is 5.75 Å². The van der Waals surface area contributed by atoms with Crippen LogP contribution in [0.1, 0.15) is 30.0 Å². The summed E-state index contributed by atoms with van der Waals surface area (Å²) in [6.45, 7) is 0.105. The van der Waals surface area contributed by atoms with Gasteiger partial charge in [0.2, 0.25) is 0 Å². The fourth-order valence-electron chi connectivity index (χ4n) is 2.52. The fraction of sp³-hybridized carbons (Fsp3) is 0.533. The summed E-state index contributed by atoms with van der Waals surface area (Å²) >= 11 is 0. The van der Waals surface area contributed by atoms with Gasteiger partial charge in [0, 0.05) is 20.1 Å². The predicted molar refractivity (Wildman–Crippen MR) is 75.4 cm³/mol. The third-order valence-corrected chi connectivity index (χ3v) is 3.66. The number of carbonyl (C=O) groups excluding carboxylic acids is 1. The van der Waals surface area contributed by atoms with Gasteiger partial charge in [-0.15, -0.1) is 0 Å². The number of rotatable bonds is 4. The molecule has 104 valence electrons. The van der Waals surface area contributed by atoms with E-state index in [9.17, 15) is 4.79 Å². The van der Waals surface area contributed by atoms with E-state index in [0.29, 0.717) is 6.04 Å². The lowest BCUT2D eigenvalue weighted by molar-refractivity contribution is -0.130. The highest BCUT2D eigenvalue weighted by Gasteiger charge is 2.21. The minimum atomic E-state index is -0.0152. The van der Waals surface area contributed by atoms with Gasteiger partial charge in [0.25, 0.3) is 5.91 Å². The normalized spacial score (nSPS) is 17.7. The summed E-state index contributed by atoms with van der Waals surface area (Å²) in [6, 6.07) is 6.51. The van der Waals surface area contributed by atoms with Gasteiger partial charge >= 0.3 is 0 Å². The molecule has 0 fully saturated rings. The number of fused-ring (bicyclic) bond motifs is 1. The molecule has 2 rings (SSSR count). The van der Waals surface area contributed by atoms with Crippen LogP contribution in [-0.4, -0.2) is 38.6 Å². The van der Waals surface area contributed by atoms with Gasteiger partial charge in [-0.2, -0.15) is 0 Å². The molecule has 1 atom stereocenters. The van der Waals surface area contributed by atoms with Crippen LogP contribution in [0.4, 0.5) is 0 Å². The Morgan fingerprint density at radius 1 is 1.47 bits per heavy atom. The maximum Gasteiger partial charge on any atom is 0.259 e. The Morgan fingerprint density at radius 2 is 2.26 bits per heavy atom. The van der Waals surface area contributed by atoms with E-state index in [0.717, 1.165) is 25.0 Å². The van der Waals surface area contributed by atoms with Crippen molar-refractivity contribution in [2.24, 2.45) is 0 Å². The first-order valence-corrected chi connectivity index (χ1v) is 6.75. The van der Waals surface area contributed by atoms with Crippen molar-refractivity contribution in [1.82, 2.24) is 10.2 Å². The molecule has 1 aliphatic rings. The van der Waals surface area contributed by atoms with Crippen molar-refractivity contribution in [3.05, 3.63) is 29.3 Å². The van der Waals surface area contributed by atoms with Crippen LogP contribution < -0.4 is 10.1 Å². The lowest BCUT2D eigenvalue weighted by atomic mass is 9.87. The molecule has 1 amide bonds. The first kappa shape index (κ1) is 13.9. The number of benzene rings is 1. The van der Waals surface area contributed by atoms with Crippen molar-refractivity contribution < 1.29 is 9.53 Å². The van der Waals surface area contributed by atoms with E-state index in [1.165, 1.54) is 11.1 Å². The highest BCUT2D eigenvalue weighted by atomic mass is 16.5. The zero-order valence-corrected chi connectivity index (χ0v) is 11.9. The Balaban J connectivity index is 2.16. The standard InChI is InChI=1S/C15H22N2O2/c1-16-13-8-4-7-12-11(13)6-5-9-14(12)19-10-15(18)17(2)3/h5-6,9,13,16H,4,7-8,10H2,1-3H3. The minimum absolute atomic E-state index is 0.0152. The number of amides is 1. The van der Waals surface area contributed by atoms with Crippen LogP contribution in [0.5, 0.6) is 5.75 Å². The Labute approximate surface area is 114 Å². The molecule has 0 saturated heterocycles. The lowest BCUT2D eigenvalue weighted by Crippen LogP contribution is -2.28. The Bertz CT molecular complexity index is 457. The molecule has 0 heterocycles. The van der Waals surface area contributed by atoms with Crippen molar-refractivity contribution >= 4 is 5.91 Å². The van der Waals surface area contributed by atoms with Crippen molar-refractivity contribution in [3.63, 3.8) is 0 Å². The highest BCUT2D eigenvalue weighted by molar-refractivity contribution is 5.77. The number of hydrogen-bond donors (Lipinski definition) is 1. The molecule has 19 heavy (non-hydrogen) atoms. The Morgan fingerprint density at radius 3 is 2.95 bits per heavy atom. The Hall–Kier alpha value is -1.55. The molecule has 0 saturated carbocycles. The van der Waals surface area contributed by atoms with E-state index in [1.807, 2.05) is 19.2 Å². The van der Waals surface area contributed by atoms with Crippen molar-refractivity contribution in [1.29, 1.82) is 0 Å². The van der Waals surface area contributed by atoms with E-state index < -0.39 is 0 Å². The summed E-state index contributed by atoms with van der Waals surface area (Å²) in [7, 11) is 5.47. The second-order valence-corrected chi connectivity index (χ2v) is 5.13. The maximum absolute atomic E-state index is 11.6. The summed E-state index contributed by atoms with van der Waals surface area (Å²) in [5.74, 6) is 0.839. The molecule has 1 N–H and O–H groups in total. The number of nitrogens with one attached hydrogen (secondary N) is 1. The first-order valence-electron chi connectivity index (χ1n) is 6.75. The molecule has 0 radical (unpaired) electrons. The molecule has 1 aliphatic carbocycles. The summed E-state index contributed by atoms with van der Waals surface area (Å²) in [5.41, 5.74) is 2.56. The number of hydrogen-bond acceptors (Lipinski definition) is 3. The number of nitrogens with zero attached hydrogens (tertiary/aromatic N) is 1. The van der Waals surface area contributed by atoms with Crippen LogP contribution in [0.15, 0.2) is 18.2 Å². The second kappa shape index (κ2) is 6.06. The molecule has 1 aromatic carbocycles. The first-order chi connectivity index (χ1) is 9.13. The van der Waals surface area contributed by atoms with Gasteiger partial charge in [0.1, 0.15) is 5.75 Å². The summed E-state index contributed by atoms with van der Waals surface area (Å²) < 4.78 is 5.70. The van der Waals surface area contributed by atoms with Gasteiger partial charge in [-0.1, -0.05) is 12.1 Å². The van der Waals surface area contributed by atoms with Crippen LogP contribution in [0.25, 0.3) is 0 Å². The van der Waals surface area contributed by atoms with Crippen molar-refractivity contribution in [2.45, 2.75) is 25.3 Å². The van der Waals surface area contributed by atoms with Crippen LogP contribution in [0.2, 0.25) is 0 Å². The summed E-state index contributed by atoms with van der Waals surface area (Å²) in [5, 5.41) is 3.34. The minimum Gasteiger partial charge on any atom is -0.483 e. The molecular weight excluding hydrogens is 240 g/mol. The average molecular weight is 262 g/mol. The number of likely N-dealkylation sites (N-methyl/N-ethyl adjacent to an activating group) is 1. The van der Waals surface area contributed by atoms with Crippen LogP contribution >= 0.6 is 0 Å². The maximum atomic E-state index is 11.6. The monoisotopic (exact) mass is 262 g/mol. The van der Waals surface area contributed by atoms with E-state index in [1.54, 1.807) is 19.0 Å². The van der Waals surface area contributed by atoms with Crippen LogP contribution in [0, 0.1) is 0 Å². The molecule has 1 aromatic rings. The summed E-state index contributed by atoms with van der Waals surface area (Å²) in [6.07, 6.45) is 3.34. The van der Waals surface area contributed by atoms with Crippen LogP contribution in [0.3, 0.4) is 0 Å². The third kappa shape index (κ3) is 3.07. The molecule has 4 nitrogen and oxygen atoms in total. The third-order valence-electron chi connectivity index (χ3n) is 3.66. The smallest absolute Gasteiger partial charge is 0.259 e. The zero-order chi connectivity index (χ0) is 13.8. The second-order valence-electron chi connectivity index (χ2n) is 5.13. The van der Waals surface area contributed by atoms with E-state index in [2.05, 4.69) is 11.4 Å². The van der Waals surface area contributed by atoms with E-state index in [-0.39, 0.29) is 12.5 Å². The van der Waals surface area contributed by atoms with Gasteiger partial charge in [0.15, 0.2) is 6.61 Å². The van der Waals surface area contributed by atoms with Gasteiger partial charge in [-0.25, -0.2) is 0 Å². The highest BCUT2D eigenvalue weighted by Crippen LogP contribution is 2.35.